The fraction of sp³-hybridized carbons (Fsp3) is 0.143. The van der Waals surface area contributed by atoms with E-state index < -0.39 is 0 Å². The number of hydrogen-bond donors (Lipinski definition) is 3. The summed E-state index contributed by atoms with van der Waals surface area (Å²) in [5, 5.41) is 10.7. The average Bonchev–Trinajstić information content (AvgIpc) is 3.25. The van der Waals surface area contributed by atoms with E-state index in [2.05, 4.69) is 16.0 Å². The Morgan fingerprint density at radius 1 is 0.964 bits per heavy atom. The number of carbonyl (C=O) groups is 2. The molecule has 2 amide bonds. The highest BCUT2D eigenvalue weighted by atomic mass is 32.1. The van der Waals surface area contributed by atoms with E-state index >= 15 is 0 Å². The molecular weight excluding hydrogens is 374 g/mol. The molecule has 3 aromatic rings. The summed E-state index contributed by atoms with van der Waals surface area (Å²) in [6.07, 6.45) is 0. The molecule has 0 atom stereocenters. The number of ether oxygens (including phenoxy) is 1. The molecule has 0 spiro atoms. The lowest BCUT2D eigenvalue weighted by atomic mass is 10.2. The zero-order chi connectivity index (χ0) is 19.8. The number of carbonyl (C=O) groups excluding carboxylic acids is 2. The fourth-order valence-electron chi connectivity index (χ4n) is 2.46. The van der Waals surface area contributed by atoms with Gasteiger partial charge in [0.2, 0.25) is 5.91 Å². The summed E-state index contributed by atoms with van der Waals surface area (Å²) in [5.74, 6) is 0.438. The van der Waals surface area contributed by atoms with Crippen molar-refractivity contribution in [3.8, 4) is 5.75 Å². The minimum atomic E-state index is -0.203. The van der Waals surface area contributed by atoms with Crippen LogP contribution in [0.3, 0.4) is 0 Å². The van der Waals surface area contributed by atoms with Gasteiger partial charge < -0.3 is 20.7 Å². The maximum atomic E-state index is 12.3. The molecule has 2 aromatic carbocycles. The summed E-state index contributed by atoms with van der Waals surface area (Å²) in [4.78, 5) is 25.3. The molecule has 0 aliphatic rings. The number of rotatable bonds is 8. The van der Waals surface area contributed by atoms with E-state index in [1.807, 2.05) is 17.5 Å². The zero-order valence-electron chi connectivity index (χ0n) is 15.4. The number of thiophene rings is 1. The highest BCUT2D eigenvalue weighted by Gasteiger charge is 2.07. The third-order valence-electron chi connectivity index (χ3n) is 3.99. The van der Waals surface area contributed by atoms with E-state index in [-0.39, 0.29) is 18.4 Å². The first-order valence-electron chi connectivity index (χ1n) is 8.72. The topological polar surface area (TPSA) is 79.5 Å². The van der Waals surface area contributed by atoms with Gasteiger partial charge in [0, 0.05) is 21.8 Å². The molecule has 1 heterocycles. The minimum absolute atomic E-state index is 0.0882. The van der Waals surface area contributed by atoms with Gasteiger partial charge in [-0.05, 0) is 60.0 Å². The van der Waals surface area contributed by atoms with Crippen molar-refractivity contribution in [1.29, 1.82) is 0 Å². The molecule has 144 valence electrons. The monoisotopic (exact) mass is 395 g/mol. The lowest BCUT2D eigenvalue weighted by Gasteiger charge is -2.09. The maximum Gasteiger partial charge on any atom is 0.255 e. The first-order valence-corrected chi connectivity index (χ1v) is 9.60. The van der Waals surface area contributed by atoms with E-state index in [1.54, 1.807) is 67.0 Å². The summed E-state index contributed by atoms with van der Waals surface area (Å²) >= 11 is 1.61. The van der Waals surface area contributed by atoms with Crippen molar-refractivity contribution < 1.29 is 14.3 Å². The Bertz CT molecular complexity index is 907. The number of benzene rings is 2. The third kappa shape index (κ3) is 5.59. The van der Waals surface area contributed by atoms with Gasteiger partial charge >= 0.3 is 0 Å². The van der Waals surface area contributed by atoms with Gasteiger partial charge in [-0.25, -0.2) is 0 Å². The molecule has 0 aliphatic heterocycles. The second kappa shape index (κ2) is 9.57. The van der Waals surface area contributed by atoms with Crippen LogP contribution in [0.15, 0.2) is 66.0 Å². The molecule has 0 unspecified atom stereocenters. The molecule has 0 bridgehead atoms. The number of nitrogens with one attached hydrogen (secondary N) is 3. The molecule has 7 heteroatoms. The van der Waals surface area contributed by atoms with Crippen LogP contribution in [-0.4, -0.2) is 25.5 Å². The van der Waals surface area contributed by atoms with E-state index in [0.29, 0.717) is 17.8 Å². The molecule has 0 fully saturated rings. The van der Waals surface area contributed by atoms with Gasteiger partial charge in [0.05, 0.1) is 20.2 Å². The van der Waals surface area contributed by atoms with Crippen LogP contribution in [0.5, 0.6) is 5.75 Å². The second-order valence-corrected chi connectivity index (χ2v) is 7.00. The zero-order valence-corrected chi connectivity index (χ0v) is 16.2. The predicted molar refractivity (Wildman–Crippen MR) is 112 cm³/mol. The largest absolute Gasteiger partial charge is 0.497 e. The highest BCUT2D eigenvalue weighted by Crippen LogP contribution is 2.16. The molecule has 1 aromatic heterocycles. The van der Waals surface area contributed by atoms with Gasteiger partial charge in [0.15, 0.2) is 0 Å². The first-order chi connectivity index (χ1) is 13.6. The summed E-state index contributed by atoms with van der Waals surface area (Å²) < 4.78 is 5.10. The van der Waals surface area contributed by atoms with Crippen LogP contribution in [0.2, 0.25) is 0 Å². The van der Waals surface area contributed by atoms with E-state index in [9.17, 15) is 9.59 Å². The predicted octanol–water partition coefficient (Wildman–Crippen LogP) is 3.74. The van der Waals surface area contributed by atoms with Crippen LogP contribution in [0.25, 0.3) is 0 Å². The molecule has 28 heavy (non-hydrogen) atoms. The van der Waals surface area contributed by atoms with Crippen LogP contribution in [0.1, 0.15) is 15.2 Å². The quantitative estimate of drug-likeness (QED) is 0.543. The lowest BCUT2D eigenvalue weighted by Crippen LogP contribution is -2.29. The standard InChI is InChI=1S/C21H21N3O3S/c1-27-18-10-8-17(9-11-18)24-21(26)15-4-6-16(7-5-15)22-14-20(25)23-13-19-3-2-12-28-19/h2-12,22H,13-14H2,1H3,(H,23,25)(H,24,26). The third-order valence-corrected chi connectivity index (χ3v) is 4.86. The Morgan fingerprint density at radius 3 is 2.32 bits per heavy atom. The molecule has 0 radical (unpaired) electrons. The molecule has 0 saturated heterocycles. The second-order valence-electron chi connectivity index (χ2n) is 5.97. The Labute approximate surface area is 167 Å². The van der Waals surface area contributed by atoms with Gasteiger partial charge in [0.1, 0.15) is 5.75 Å². The van der Waals surface area contributed by atoms with Gasteiger partial charge in [-0.1, -0.05) is 6.07 Å². The van der Waals surface area contributed by atoms with E-state index in [0.717, 1.165) is 16.3 Å². The van der Waals surface area contributed by atoms with Crippen LogP contribution in [0, 0.1) is 0 Å². The maximum absolute atomic E-state index is 12.3. The van der Waals surface area contributed by atoms with Crippen molar-refractivity contribution in [3.63, 3.8) is 0 Å². The number of methoxy groups -OCH3 is 1. The van der Waals surface area contributed by atoms with E-state index in [1.165, 1.54) is 0 Å². The number of amides is 2. The van der Waals surface area contributed by atoms with Crippen molar-refractivity contribution in [3.05, 3.63) is 76.5 Å². The van der Waals surface area contributed by atoms with Crippen LogP contribution < -0.4 is 20.7 Å². The number of anilines is 2. The Morgan fingerprint density at radius 2 is 1.68 bits per heavy atom. The van der Waals surface area contributed by atoms with E-state index in [4.69, 9.17) is 4.74 Å². The number of hydrogen-bond acceptors (Lipinski definition) is 5. The highest BCUT2D eigenvalue weighted by molar-refractivity contribution is 7.09. The lowest BCUT2D eigenvalue weighted by molar-refractivity contribution is -0.119. The SMILES string of the molecule is COc1ccc(NC(=O)c2ccc(NCC(=O)NCc3cccs3)cc2)cc1. The molecule has 0 aliphatic carbocycles. The summed E-state index contributed by atoms with van der Waals surface area (Å²) in [6, 6.07) is 18.0. The van der Waals surface area contributed by atoms with Crippen molar-refractivity contribution in [2.24, 2.45) is 0 Å². The summed E-state index contributed by atoms with van der Waals surface area (Å²) in [6.45, 7) is 0.700. The van der Waals surface area contributed by atoms with Crippen molar-refractivity contribution in [2.45, 2.75) is 6.54 Å². The minimum Gasteiger partial charge on any atom is -0.497 e. The van der Waals surface area contributed by atoms with Crippen LogP contribution in [-0.2, 0) is 11.3 Å². The molecule has 0 saturated carbocycles. The summed E-state index contributed by atoms with van der Waals surface area (Å²) in [7, 11) is 1.59. The smallest absolute Gasteiger partial charge is 0.255 e. The van der Waals surface area contributed by atoms with Crippen molar-refractivity contribution in [2.75, 3.05) is 24.3 Å². The molecule has 3 rings (SSSR count). The fourth-order valence-corrected chi connectivity index (χ4v) is 3.11. The first kappa shape index (κ1) is 19.4. The molecule has 6 nitrogen and oxygen atoms in total. The normalized spacial score (nSPS) is 10.2. The molecular formula is C21H21N3O3S. The average molecular weight is 395 g/mol. The Hall–Kier alpha value is -3.32. The molecule has 3 N–H and O–H groups in total. The van der Waals surface area contributed by atoms with Gasteiger partial charge in [-0.15, -0.1) is 11.3 Å². The summed E-state index contributed by atoms with van der Waals surface area (Å²) in [5.41, 5.74) is 1.99. The Balaban J connectivity index is 1.46. The van der Waals surface area contributed by atoms with Crippen molar-refractivity contribution >= 4 is 34.5 Å². The van der Waals surface area contributed by atoms with Crippen molar-refractivity contribution in [1.82, 2.24) is 5.32 Å². The van der Waals surface area contributed by atoms with Crippen LogP contribution in [0.4, 0.5) is 11.4 Å². The Kier molecular flexibility index (Phi) is 6.64. The van der Waals surface area contributed by atoms with Crippen LogP contribution >= 0.6 is 11.3 Å². The van der Waals surface area contributed by atoms with Gasteiger partial charge in [-0.2, -0.15) is 0 Å². The van der Waals surface area contributed by atoms with Gasteiger partial charge in [0.25, 0.3) is 5.91 Å². The van der Waals surface area contributed by atoms with Gasteiger partial charge in [-0.3, -0.25) is 9.59 Å².